The highest BCUT2D eigenvalue weighted by molar-refractivity contribution is 8.18. The number of imide groups is 1. The smallest absolute Gasteiger partial charge is 0.315 e. The van der Waals surface area contributed by atoms with Crippen LogP contribution < -0.4 is 16.0 Å². The first-order chi connectivity index (χ1) is 15.0. The van der Waals surface area contributed by atoms with Crippen molar-refractivity contribution < 1.29 is 19.2 Å². The third-order valence-corrected chi connectivity index (χ3v) is 6.11. The number of hydrogen-bond acceptors (Lipinski definition) is 5. The van der Waals surface area contributed by atoms with Crippen molar-refractivity contribution in [1.82, 2.24) is 20.9 Å². The van der Waals surface area contributed by atoms with Crippen LogP contribution in [0.25, 0.3) is 6.08 Å². The number of hydrogen-bond donors (Lipinski definition) is 3. The topological polar surface area (TPSA) is 108 Å². The van der Waals surface area contributed by atoms with E-state index in [9.17, 15) is 19.2 Å². The van der Waals surface area contributed by atoms with Crippen LogP contribution in [0.2, 0.25) is 0 Å². The number of rotatable bonds is 8. The second kappa shape index (κ2) is 11.5. The van der Waals surface area contributed by atoms with E-state index in [4.69, 9.17) is 0 Å². The van der Waals surface area contributed by atoms with Crippen LogP contribution in [-0.2, 0) is 9.59 Å². The Morgan fingerprint density at radius 3 is 2.52 bits per heavy atom. The van der Waals surface area contributed by atoms with Crippen molar-refractivity contribution in [2.45, 2.75) is 44.6 Å². The minimum atomic E-state index is -0.353. The second-order valence-corrected chi connectivity index (χ2v) is 8.57. The molecular weight excluding hydrogens is 416 g/mol. The highest BCUT2D eigenvalue weighted by Crippen LogP contribution is 2.31. The third-order valence-electron chi connectivity index (χ3n) is 5.21. The summed E-state index contributed by atoms with van der Waals surface area (Å²) in [5, 5.41) is 7.97. The molecule has 5 amide bonds. The van der Waals surface area contributed by atoms with Gasteiger partial charge in [0.1, 0.15) is 0 Å². The summed E-state index contributed by atoms with van der Waals surface area (Å²) in [4.78, 5) is 49.9. The number of carbonyl (C=O) groups excluding carboxylic acids is 4. The summed E-state index contributed by atoms with van der Waals surface area (Å²) in [6.45, 7) is 0.508. The molecule has 8 nitrogen and oxygen atoms in total. The van der Waals surface area contributed by atoms with Crippen molar-refractivity contribution in [1.29, 1.82) is 0 Å². The maximum Gasteiger partial charge on any atom is 0.315 e. The van der Waals surface area contributed by atoms with Gasteiger partial charge in [-0.25, -0.2) is 4.79 Å². The number of amides is 5. The van der Waals surface area contributed by atoms with Crippen LogP contribution in [0.3, 0.4) is 0 Å². The Morgan fingerprint density at radius 2 is 1.77 bits per heavy atom. The zero-order chi connectivity index (χ0) is 22.1. The van der Waals surface area contributed by atoms with E-state index >= 15 is 0 Å². The molecule has 0 bridgehead atoms. The molecule has 1 aliphatic heterocycles. The summed E-state index contributed by atoms with van der Waals surface area (Å²) in [6.07, 6.45) is 7.32. The molecule has 2 fully saturated rings. The van der Waals surface area contributed by atoms with Gasteiger partial charge in [0.05, 0.1) is 4.91 Å². The fourth-order valence-electron chi connectivity index (χ4n) is 3.56. The van der Waals surface area contributed by atoms with Crippen molar-refractivity contribution in [3.8, 4) is 0 Å². The lowest BCUT2D eigenvalue weighted by atomic mass is 9.96. The van der Waals surface area contributed by atoms with E-state index in [0.29, 0.717) is 4.91 Å². The van der Waals surface area contributed by atoms with E-state index in [1.165, 1.54) is 6.42 Å². The van der Waals surface area contributed by atoms with Crippen LogP contribution in [0.5, 0.6) is 0 Å². The lowest BCUT2D eigenvalue weighted by molar-refractivity contribution is -0.124. The van der Waals surface area contributed by atoms with Crippen molar-refractivity contribution in [3.63, 3.8) is 0 Å². The molecule has 1 aromatic rings. The molecule has 166 valence electrons. The quantitative estimate of drug-likeness (QED) is 0.535. The molecule has 0 spiro atoms. The van der Waals surface area contributed by atoms with Gasteiger partial charge in [-0.3, -0.25) is 19.3 Å². The fraction of sp³-hybridized carbons (Fsp3) is 0.455. The van der Waals surface area contributed by atoms with Gasteiger partial charge >= 0.3 is 6.03 Å². The molecule has 0 unspecified atom stereocenters. The van der Waals surface area contributed by atoms with Crippen LogP contribution in [-0.4, -0.2) is 53.7 Å². The van der Waals surface area contributed by atoms with Crippen LogP contribution in [0.1, 0.15) is 44.1 Å². The normalized spacial score (nSPS) is 18.3. The fourth-order valence-corrected chi connectivity index (χ4v) is 4.43. The first-order valence-corrected chi connectivity index (χ1v) is 11.5. The molecule has 1 saturated carbocycles. The minimum Gasteiger partial charge on any atom is -0.354 e. The molecule has 9 heteroatoms. The van der Waals surface area contributed by atoms with Gasteiger partial charge in [0.15, 0.2) is 0 Å². The molecule has 1 heterocycles. The molecule has 1 saturated heterocycles. The van der Waals surface area contributed by atoms with Crippen molar-refractivity contribution in [2.24, 2.45) is 0 Å². The Bertz CT molecular complexity index is 837. The van der Waals surface area contributed by atoms with Crippen molar-refractivity contribution >= 4 is 40.9 Å². The lowest BCUT2D eigenvalue weighted by Gasteiger charge is -2.22. The number of nitrogens with zero attached hydrogens (tertiary/aromatic N) is 1. The highest BCUT2D eigenvalue weighted by Gasteiger charge is 2.34. The predicted octanol–water partition coefficient (Wildman–Crippen LogP) is 2.86. The SMILES string of the molecule is O=C(CCNC(=O)NC1CCCCC1)NCCN1C(=O)S/C(=C\c2ccccc2)C1=O. The Kier molecular flexibility index (Phi) is 8.52. The van der Waals surface area contributed by atoms with E-state index in [-0.39, 0.29) is 55.2 Å². The van der Waals surface area contributed by atoms with Gasteiger partial charge < -0.3 is 16.0 Å². The Labute approximate surface area is 186 Å². The van der Waals surface area contributed by atoms with E-state index in [0.717, 1.165) is 47.9 Å². The first-order valence-electron chi connectivity index (χ1n) is 10.6. The summed E-state index contributed by atoms with van der Waals surface area (Å²) < 4.78 is 0. The average molecular weight is 445 g/mol. The summed E-state index contributed by atoms with van der Waals surface area (Å²) in [5.41, 5.74) is 0.848. The van der Waals surface area contributed by atoms with Crippen LogP contribution >= 0.6 is 11.8 Å². The standard InChI is InChI=1S/C22H28N4O4S/c27-19(11-12-24-21(29)25-17-9-5-2-6-10-17)23-13-14-26-20(28)18(31-22(26)30)15-16-7-3-1-4-8-16/h1,3-4,7-8,15,17H,2,5-6,9-14H2,(H,23,27)(H2,24,25,29)/b18-15-. The molecular formula is C22H28N4O4S. The summed E-state index contributed by atoms with van der Waals surface area (Å²) >= 11 is 0.898. The first kappa shape index (κ1) is 22.9. The second-order valence-electron chi connectivity index (χ2n) is 7.58. The van der Waals surface area contributed by atoms with Crippen LogP contribution in [0, 0.1) is 0 Å². The molecule has 0 atom stereocenters. The molecule has 31 heavy (non-hydrogen) atoms. The Morgan fingerprint density at radius 1 is 1.03 bits per heavy atom. The summed E-state index contributed by atoms with van der Waals surface area (Å²) in [7, 11) is 0. The molecule has 0 aromatic heterocycles. The Hall–Kier alpha value is -2.81. The van der Waals surface area contributed by atoms with Gasteiger partial charge in [-0.05, 0) is 36.2 Å². The van der Waals surface area contributed by atoms with Crippen molar-refractivity contribution in [2.75, 3.05) is 19.6 Å². The van der Waals surface area contributed by atoms with E-state index in [1.807, 2.05) is 30.3 Å². The highest BCUT2D eigenvalue weighted by atomic mass is 32.2. The zero-order valence-corrected chi connectivity index (χ0v) is 18.2. The number of nitrogens with one attached hydrogen (secondary N) is 3. The molecule has 3 N–H and O–H groups in total. The molecule has 2 aliphatic rings. The minimum absolute atomic E-state index is 0.109. The predicted molar refractivity (Wildman–Crippen MR) is 120 cm³/mol. The molecule has 3 rings (SSSR count). The largest absolute Gasteiger partial charge is 0.354 e. The number of thioether (sulfide) groups is 1. The Balaban J connectivity index is 1.33. The van der Waals surface area contributed by atoms with E-state index in [1.54, 1.807) is 6.08 Å². The summed E-state index contributed by atoms with van der Waals surface area (Å²) in [6, 6.07) is 9.29. The van der Waals surface area contributed by atoms with Gasteiger partial charge in [0.25, 0.3) is 11.1 Å². The maximum absolute atomic E-state index is 12.5. The summed E-state index contributed by atoms with van der Waals surface area (Å²) in [5.74, 6) is -0.598. The van der Waals surface area contributed by atoms with Gasteiger partial charge in [-0.15, -0.1) is 0 Å². The van der Waals surface area contributed by atoms with E-state index < -0.39 is 0 Å². The van der Waals surface area contributed by atoms with Gasteiger partial charge in [0.2, 0.25) is 5.91 Å². The number of carbonyl (C=O) groups is 4. The average Bonchev–Trinajstić information content (AvgIpc) is 3.02. The molecule has 1 aliphatic carbocycles. The maximum atomic E-state index is 12.5. The number of benzene rings is 1. The van der Waals surface area contributed by atoms with E-state index in [2.05, 4.69) is 16.0 Å². The van der Waals surface area contributed by atoms with Gasteiger partial charge in [-0.1, -0.05) is 49.6 Å². The molecule has 1 aromatic carbocycles. The van der Waals surface area contributed by atoms with Gasteiger partial charge in [-0.2, -0.15) is 0 Å². The number of urea groups is 1. The monoisotopic (exact) mass is 444 g/mol. The van der Waals surface area contributed by atoms with Crippen LogP contribution in [0.4, 0.5) is 9.59 Å². The lowest BCUT2D eigenvalue weighted by Crippen LogP contribution is -2.44. The van der Waals surface area contributed by atoms with Crippen LogP contribution in [0.15, 0.2) is 35.2 Å². The van der Waals surface area contributed by atoms with Crippen molar-refractivity contribution in [3.05, 3.63) is 40.8 Å². The third kappa shape index (κ3) is 7.13. The zero-order valence-electron chi connectivity index (χ0n) is 17.4. The molecule has 0 radical (unpaired) electrons. The van der Waals surface area contributed by atoms with Gasteiger partial charge in [0, 0.05) is 32.1 Å².